The molecule has 0 unspecified atom stereocenters. The van der Waals surface area contributed by atoms with Crippen LogP contribution in [0, 0.1) is 19.8 Å². The van der Waals surface area contributed by atoms with E-state index in [1.54, 1.807) is 0 Å². The number of hydrogen-bond donors (Lipinski definition) is 3. The van der Waals surface area contributed by atoms with Crippen LogP contribution in [-0.4, -0.2) is 34.9 Å². The van der Waals surface area contributed by atoms with Crippen molar-refractivity contribution in [1.82, 2.24) is 15.2 Å². The molecule has 1 aliphatic heterocycles. The van der Waals surface area contributed by atoms with Crippen LogP contribution in [0.3, 0.4) is 0 Å². The zero-order valence-electron chi connectivity index (χ0n) is 14.9. The summed E-state index contributed by atoms with van der Waals surface area (Å²) in [4.78, 5) is 28.5. The van der Waals surface area contributed by atoms with Gasteiger partial charge in [-0.3, -0.25) is 4.79 Å². The minimum atomic E-state index is -0.256. The molecule has 3 amide bonds. The molecule has 1 aromatic heterocycles. The molecule has 0 bridgehead atoms. The van der Waals surface area contributed by atoms with Gasteiger partial charge in [0.15, 0.2) is 0 Å². The maximum atomic E-state index is 12.4. The zero-order valence-corrected chi connectivity index (χ0v) is 14.9. The van der Waals surface area contributed by atoms with Crippen LogP contribution >= 0.6 is 0 Å². The van der Waals surface area contributed by atoms with Crippen molar-refractivity contribution in [2.24, 2.45) is 11.7 Å². The smallest absolute Gasteiger partial charge is 0.317 e. The van der Waals surface area contributed by atoms with Gasteiger partial charge in [-0.15, -0.1) is 0 Å². The number of urea groups is 1. The van der Waals surface area contributed by atoms with Crippen LogP contribution in [0.5, 0.6) is 0 Å². The minimum Gasteiger partial charge on any atom is -0.370 e. The number of nitrogens with zero attached hydrogens (tertiary/aromatic N) is 1. The van der Waals surface area contributed by atoms with Crippen molar-refractivity contribution < 1.29 is 9.59 Å². The molecule has 1 saturated heterocycles. The van der Waals surface area contributed by atoms with Crippen molar-refractivity contribution in [2.75, 3.05) is 13.1 Å². The van der Waals surface area contributed by atoms with E-state index in [0.29, 0.717) is 32.0 Å². The molecular formula is C19H26N4O2. The Kier molecular flexibility index (Phi) is 4.97. The summed E-state index contributed by atoms with van der Waals surface area (Å²) < 4.78 is 0. The Labute approximate surface area is 147 Å². The highest BCUT2D eigenvalue weighted by Gasteiger charge is 2.23. The number of piperidine rings is 1. The van der Waals surface area contributed by atoms with Crippen molar-refractivity contribution >= 4 is 22.8 Å². The van der Waals surface area contributed by atoms with Gasteiger partial charge in [0.25, 0.3) is 0 Å². The number of H-pyrrole nitrogens is 1. The molecule has 0 radical (unpaired) electrons. The van der Waals surface area contributed by atoms with Gasteiger partial charge < -0.3 is 20.9 Å². The first-order chi connectivity index (χ1) is 11.9. The lowest BCUT2D eigenvalue weighted by Crippen LogP contribution is -2.44. The highest BCUT2D eigenvalue weighted by molar-refractivity contribution is 5.85. The summed E-state index contributed by atoms with van der Waals surface area (Å²) in [6, 6.07) is 6.19. The second-order valence-electron chi connectivity index (χ2n) is 7.01. The molecule has 1 aromatic carbocycles. The molecule has 1 fully saturated rings. The molecule has 6 heteroatoms. The summed E-state index contributed by atoms with van der Waals surface area (Å²) in [6.45, 7) is 6.04. The summed E-state index contributed by atoms with van der Waals surface area (Å²) in [5, 5.41) is 4.21. The number of carbonyl (C=O) groups excluding carboxylic acids is 2. The Morgan fingerprint density at radius 2 is 2.00 bits per heavy atom. The molecule has 0 atom stereocenters. The van der Waals surface area contributed by atoms with Crippen molar-refractivity contribution in [2.45, 2.75) is 39.7 Å². The van der Waals surface area contributed by atoms with Crippen LogP contribution in [0.25, 0.3) is 10.9 Å². The summed E-state index contributed by atoms with van der Waals surface area (Å²) in [5.41, 5.74) is 9.89. The number of aromatic amines is 1. The van der Waals surface area contributed by atoms with E-state index in [-0.39, 0.29) is 11.9 Å². The number of benzene rings is 1. The second kappa shape index (κ2) is 7.17. The molecular weight excluding hydrogens is 316 g/mol. The Morgan fingerprint density at radius 1 is 1.28 bits per heavy atom. The standard InChI is InChI=1S/C19H26N4O2/c1-12-13(2)22-17-4-3-15(9-16(12)17)11-21-19(25)23-7-5-14(6-8-23)10-18(20)24/h3-4,9,14,22H,5-8,10-11H2,1-2H3,(H2,20,24)(H,21,25). The van der Waals surface area contributed by atoms with Gasteiger partial charge in [0.2, 0.25) is 5.91 Å². The fourth-order valence-corrected chi connectivity index (χ4v) is 3.53. The highest BCUT2D eigenvalue weighted by Crippen LogP contribution is 2.23. The van der Waals surface area contributed by atoms with Gasteiger partial charge in [-0.05, 0) is 55.9 Å². The van der Waals surface area contributed by atoms with E-state index in [9.17, 15) is 9.59 Å². The number of fused-ring (bicyclic) bond motifs is 1. The van der Waals surface area contributed by atoms with Gasteiger partial charge in [-0.25, -0.2) is 4.79 Å². The maximum Gasteiger partial charge on any atom is 0.317 e. The molecule has 2 heterocycles. The summed E-state index contributed by atoms with van der Waals surface area (Å²) in [7, 11) is 0. The number of nitrogens with two attached hydrogens (primary N) is 1. The molecule has 134 valence electrons. The number of carbonyl (C=O) groups is 2. The number of primary amides is 1. The third kappa shape index (κ3) is 3.95. The molecule has 6 nitrogen and oxygen atoms in total. The van der Waals surface area contributed by atoms with Gasteiger partial charge in [0.1, 0.15) is 0 Å². The van der Waals surface area contributed by atoms with Crippen LogP contribution in [0.1, 0.15) is 36.1 Å². The first-order valence-corrected chi connectivity index (χ1v) is 8.83. The van der Waals surface area contributed by atoms with Crippen LogP contribution in [0.2, 0.25) is 0 Å². The van der Waals surface area contributed by atoms with Crippen molar-refractivity contribution in [3.63, 3.8) is 0 Å². The second-order valence-corrected chi connectivity index (χ2v) is 7.01. The number of aromatic nitrogens is 1. The first-order valence-electron chi connectivity index (χ1n) is 8.83. The number of likely N-dealkylation sites (tertiary alicyclic amines) is 1. The summed E-state index contributed by atoms with van der Waals surface area (Å²) >= 11 is 0. The molecule has 25 heavy (non-hydrogen) atoms. The van der Waals surface area contributed by atoms with E-state index in [4.69, 9.17) is 5.73 Å². The minimum absolute atomic E-state index is 0.0420. The Balaban J connectivity index is 1.54. The molecule has 0 aliphatic carbocycles. The van der Waals surface area contributed by atoms with Crippen LogP contribution in [0.4, 0.5) is 4.79 Å². The van der Waals surface area contributed by atoms with Gasteiger partial charge in [0.05, 0.1) is 0 Å². The van der Waals surface area contributed by atoms with Crippen LogP contribution in [-0.2, 0) is 11.3 Å². The normalized spacial score (nSPS) is 15.5. The molecule has 0 saturated carbocycles. The maximum absolute atomic E-state index is 12.4. The monoisotopic (exact) mass is 342 g/mol. The quantitative estimate of drug-likeness (QED) is 0.797. The third-order valence-corrected chi connectivity index (χ3v) is 5.21. The van der Waals surface area contributed by atoms with E-state index in [2.05, 4.69) is 36.3 Å². The predicted octanol–water partition coefficient (Wildman–Crippen LogP) is 2.58. The SMILES string of the molecule is Cc1[nH]c2ccc(CNC(=O)N3CCC(CC(N)=O)CC3)cc2c1C. The average Bonchev–Trinajstić information content (AvgIpc) is 2.87. The van der Waals surface area contributed by atoms with Crippen molar-refractivity contribution in [3.8, 4) is 0 Å². The number of hydrogen-bond acceptors (Lipinski definition) is 2. The molecule has 2 aromatic rings. The molecule has 0 spiro atoms. The van der Waals surface area contributed by atoms with E-state index >= 15 is 0 Å². The fourth-order valence-electron chi connectivity index (χ4n) is 3.53. The number of rotatable bonds is 4. The Hall–Kier alpha value is -2.50. The number of amides is 3. The van der Waals surface area contributed by atoms with Gasteiger partial charge in [-0.2, -0.15) is 0 Å². The predicted molar refractivity (Wildman–Crippen MR) is 98.1 cm³/mol. The Bertz CT molecular complexity index is 788. The summed E-state index contributed by atoms with van der Waals surface area (Å²) in [5.74, 6) is 0.0531. The van der Waals surface area contributed by atoms with E-state index in [1.807, 2.05) is 11.0 Å². The lowest BCUT2D eigenvalue weighted by Gasteiger charge is -2.31. The van der Waals surface area contributed by atoms with Crippen LogP contribution in [0.15, 0.2) is 18.2 Å². The van der Waals surface area contributed by atoms with Gasteiger partial charge in [0, 0.05) is 42.7 Å². The van der Waals surface area contributed by atoms with Crippen LogP contribution < -0.4 is 11.1 Å². The zero-order chi connectivity index (χ0) is 18.0. The fraction of sp³-hybridized carbons (Fsp3) is 0.474. The lowest BCUT2D eigenvalue weighted by molar-refractivity contribution is -0.119. The van der Waals surface area contributed by atoms with Crippen molar-refractivity contribution in [3.05, 3.63) is 35.0 Å². The van der Waals surface area contributed by atoms with E-state index in [0.717, 1.165) is 23.9 Å². The van der Waals surface area contributed by atoms with E-state index < -0.39 is 0 Å². The summed E-state index contributed by atoms with van der Waals surface area (Å²) in [6.07, 6.45) is 2.10. The van der Waals surface area contributed by atoms with Gasteiger partial charge >= 0.3 is 6.03 Å². The molecule has 1 aliphatic rings. The number of aryl methyl sites for hydroxylation is 2. The molecule has 3 rings (SSSR count). The number of nitrogens with one attached hydrogen (secondary N) is 2. The average molecular weight is 342 g/mol. The van der Waals surface area contributed by atoms with E-state index in [1.165, 1.54) is 16.6 Å². The molecule has 4 N–H and O–H groups in total. The highest BCUT2D eigenvalue weighted by atomic mass is 16.2. The Morgan fingerprint density at radius 3 is 2.68 bits per heavy atom. The van der Waals surface area contributed by atoms with Crippen molar-refractivity contribution in [1.29, 1.82) is 0 Å². The largest absolute Gasteiger partial charge is 0.370 e. The third-order valence-electron chi connectivity index (χ3n) is 5.21. The van der Waals surface area contributed by atoms with Gasteiger partial charge in [-0.1, -0.05) is 6.07 Å². The first kappa shape index (κ1) is 17.3. The topological polar surface area (TPSA) is 91.2 Å². The lowest BCUT2D eigenvalue weighted by atomic mass is 9.93.